The van der Waals surface area contributed by atoms with Gasteiger partial charge in [-0.25, -0.2) is 14.0 Å². The smallest absolute Gasteiger partial charge is 0.342 e. The van der Waals surface area contributed by atoms with Crippen molar-refractivity contribution in [3.05, 3.63) is 70.5 Å². The zero-order valence-corrected chi connectivity index (χ0v) is 14.5. The van der Waals surface area contributed by atoms with E-state index in [0.29, 0.717) is 12.1 Å². The lowest BCUT2D eigenvalue weighted by Crippen LogP contribution is -2.42. The Hall–Kier alpha value is -2.93. The monoisotopic (exact) mass is 378 g/mol. The molecule has 0 spiro atoms. The summed E-state index contributed by atoms with van der Waals surface area (Å²) in [7, 11) is 0. The normalized spacial score (nSPS) is 11.3. The highest BCUT2D eigenvalue weighted by molar-refractivity contribution is 6.30. The van der Waals surface area contributed by atoms with E-state index >= 15 is 0 Å². The van der Waals surface area contributed by atoms with E-state index in [9.17, 15) is 18.8 Å². The molecule has 2 aromatic carbocycles. The van der Waals surface area contributed by atoms with Gasteiger partial charge in [0.05, 0.1) is 5.56 Å². The van der Waals surface area contributed by atoms with Crippen LogP contribution < -0.4 is 10.6 Å². The fraction of sp³-hybridized carbons (Fsp3) is 0.167. The number of amides is 3. The molecule has 0 aliphatic heterocycles. The van der Waals surface area contributed by atoms with Crippen LogP contribution in [0.25, 0.3) is 0 Å². The first-order valence-corrected chi connectivity index (χ1v) is 8.09. The number of benzene rings is 2. The highest BCUT2D eigenvalue weighted by Crippen LogP contribution is 2.22. The van der Waals surface area contributed by atoms with Crippen LogP contribution in [0.4, 0.5) is 9.18 Å². The van der Waals surface area contributed by atoms with Gasteiger partial charge in [-0.2, -0.15) is 0 Å². The summed E-state index contributed by atoms with van der Waals surface area (Å²) in [5.74, 6) is -2.78. The van der Waals surface area contributed by atoms with Gasteiger partial charge in [0, 0.05) is 17.1 Å². The van der Waals surface area contributed by atoms with Crippen molar-refractivity contribution in [1.29, 1.82) is 0 Å². The molecule has 0 aliphatic carbocycles. The number of urea groups is 1. The van der Waals surface area contributed by atoms with Crippen molar-refractivity contribution in [2.45, 2.75) is 13.0 Å². The third kappa shape index (κ3) is 5.03. The minimum atomic E-state index is -1.44. The molecule has 136 valence electrons. The maximum Gasteiger partial charge on any atom is 0.342 e. The van der Waals surface area contributed by atoms with Gasteiger partial charge in [0.1, 0.15) is 5.82 Å². The van der Waals surface area contributed by atoms with Gasteiger partial charge >= 0.3 is 12.0 Å². The van der Waals surface area contributed by atoms with E-state index in [1.54, 1.807) is 37.3 Å². The highest BCUT2D eigenvalue weighted by Gasteiger charge is 2.28. The second-order valence-corrected chi connectivity index (χ2v) is 5.61. The third-order valence-electron chi connectivity index (χ3n) is 3.29. The van der Waals surface area contributed by atoms with Crippen LogP contribution in [0.15, 0.2) is 48.5 Å². The molecule has 2 rings (SSSR count). The Balaban J connectivity index is 2.27. The van der Waals surface area contributed by atoms with Gasteiger partial charge in [0.15, 0.2) is 0 Å². The number of esters is 1. The van der Waals surface area contributed by atoms with Crippen LogP contribution in [-0.2, 0) is 9.53 Å². The average molecular weight is 379 g/mol. The first kappa shape index (κ1) is 19.4. The van der Waals surface area contributed by atoms with E-state index < -0.39 is 35.4 Å². The van der Waals surface area contributed by atoms with Gasteiger partial charge in [-0.3, -0.25) is 10.1 Å². The zero-order chi connectivity index (χ0) is 19.1. The van der Waals surface area contributed by atoms with E-state index in [2.05, 4.69) is 10.6 Å². The zero-order valence-electron chi connectivity index (χ0n) is 13.8. The van der Waals surface area contributed by atoms with Crippen molar-refractivity contribution >= 4 is 29.5 Å². The van der Waals surface area contributed by atoms with Crippen molar-refractivity contribution < 1.29 is 23.5 Å². The van der Waals surface area contributed by atoms with E-state index in [0.717, 1.165) is 12.1 Å². The average Bonchev–Trinajstić information content (AvgIpc) is 2.62. The molecule has 8 heteroatoms. The fourth-order valence-electron chi connectivity index (χ4n) is 2.11. The van der Waals surface area contributed by atoms with E-state index in [4.69, 9.17) is 16.3 Å². The number of hydrogen-bond donors (Lipinski definition) is 2. The number of hydrogen-bond acceptors (Lipinski definition) is 4. The number of rotatable bonds is 5. The Morgan fingerprint density at radius 3 is 2.50 bits per heavy atom. The van der Waals surface area contributed by atoms with E-state index in [-0.39, 0.29) is 5.02 Å². The Labute approximate surface area is 154 Å². The number of carbonyl (C=O) groups excluding carboxylic acids is 3. The van der Waals surface area contributed by atoms with Crippen LogP contribution in [0.2, 0.25) is 5.02 Å². The molecule has 26 heavy (non-hydrogen) atoms. The lowest BCUT2D eigenvalue weighted by Gasteiger charge is -2.18. The Kier molecular flexibility index (Phi) is 6.68. The van der Waals surface area contributed by atoms with Crippen LogP contribution in [0.1, 0.15) is 28.9 Å². The summed E-state index contributed by atoms with van der Waals surface area (Å²) in [6.45, 7) is 1.99. The van der Waals surface area contributed by atoms with Crippen molar-refractivity contribution in [2.24, 2.45) is 0 Å². The number of ether oxygens (including phenoxy) is 1. The van der Waals surface area contributed by atoms with Crippen molar-refractivity contribution in [3.8, 4) is 0 Å². The van der Waals surface area contributed by atoms with Gasteiger partial charge in [0.2, 0.25) is 6.10 Å². The van der Waals surface area contributed by atoms with Crippen LogP contribution >= 0.6 is 11.6 Å². The molecule has 0 fully saturated rings. The molecule has 0 aliphatic rings. The molecule has 0 saturated heterocycles. The molecule has 2 aromatic rings. The van der Waals surface area contributed by atoms with Gasteiger partial charge in [-0.05, 0) is 25.1 Å². The van der Waals surface area contributed by atoms with Crippen molar-refractivity contribution in [3.63, 3.8) is 0 Å². The second-order valence-electron chi connectivity index (χ2n) is 5.17. The van der Waals surface area contributed by atoms with Crippen molar-refractivity contribution in [1.82, 2.24) is 10.6 Å². The Morgan fingerprint density at radius 1 is 1.15 bits per heavy atom. The maximum absolute atomic E-state index is 13.9. The highest BCUT2D eigenvalue weighted by atomic mass is 35.5. The van der Waals surface area contributed by atoms with E-state index in [1.807, 2.05) is 0 Å². The van der Waals surface area contributed by atoms with E-state index in [1.165, 1.54) is 6.07 Å². The number of carbonyl (C=O) groups is 3. The molecular weight excluding hydrogens is 363 g/mol. The summed E-state index contributed by atoms with van der Waals surface area (Å²) < 4.78 is 19.0. The maximum atomic E-state index is 13.9. The van der Waals surface area contributed by atoms with Crippen LogP contribution in [0.5, 0.6) is 0 Å². The van der Waals surface area contributed by atoms with Crippen LogP contribution in [0, 0.1) is 5.82 Å². The number of halogens is 2. The first-order valence-electron chi connectivity index (χ1n) is 7.72. The molecule has 0 bridgehead atoms. The van der Waals surface area contributed by atoms with Crippen molar-refractivity contribution in [2.75, 3.05) is 6.54 Å². The molecule has 3 amide bonds. The number of imide groups is 1. The second kappa shape index (κ2) is 8.96. The summed E-state index contributed by atoms with van der Waals surface area (Å²) >= 11 is 5.77. The van der Waals surface area contributed by atoms with Crippen LogP contribution in [0.3, 0.4) is 0 Å². The largest absolute Gasteiger partial charge is 0.444 e. The first-order chi connectivity index (χ1) is 12.4. The molecular formula is C18H16ClFN2O4. The Bertz CT molecular complexity index is 814. The molecule has 0 saturated carbocycles. The lowest BCUT2D eigenvalue weighted by atomic mass is 10.1. The van der Waals surface area contributed by atoms with Gasteiger partial charge in [0.25, 0.3) is 5.91 Å². The summed E-state index contributed by atoms with van der Waals surface area (Å²) in [6.07, 6.45) is -1.44. The van der Waals surface area contributed by atoms with Gasteiger partial charge in [-0.1, -0.05) is 41.9 Å². The molecule has 1 atom stereocenters. The number of nitrogens with one attached hydrogen (secondary N) is 2. The predicted octanol–water partition coefficient (Wildman–Crippen LogP) is 3.22. The fourth-order valence-corrected chi connectivity index (χ4v) is 2.28. The molecule has 0 unspecified atom stereocenters. The molecule has 0 heterocycles. The topological polar surface area (TPSA) is 84.5 Å². The SMILES string of the molecule is CCNC(=O)NC(=O)[C@H](OC(=O)c1cc(Cl)ccc1F)c1ccccc1. The minimum absolute atomic E-state index is 0.140. The summed E-state index contributed by atoms with van der Waals surface area (Å²) in [5.41, 5.74) is -0.0886. The summed E-state index contributed by atoms with van der Waals surface area (Å²) in [4.78, 5) is 36.3. The minimum Gasteiger partial charge on any atom is -0.444 e. The predicted molar refractivity (Wildman–Crippen MR) is 93.2 cm³/mol. The standard InChI is InChI=1S/C18H16ClFN2O4/c1-2-21-18(25)22-16(23)15(11-6-4-3-5-7-11)26-17(24)13-10-12(19)8-9-14(13)20/h3-10,15H,2H2,1H3,(H2,21,22,23,25)/t15-/m1/s1. The lowest BCUT2D eigenvalue weighted by molar-refractivity contribution is -0.129. The van der Waals surface area contributed by atoms with Gasteiger partial charge < -0.3 is 10.1 Å². The third-order valence-corrected chi connectivity index (χ3v) is 3.52. The Morgan fingerprint density at radius 2 is 1.85 bits per heavy atom. The quantitative estimate of drug-likeness (QED) is 0.782. The molecule has 6 nitrogen and oxygen atoms in total. The van der Waals surface area contributed by atoms with Gasteiger partial charge in [-0.15, -0.1) is 0 Å². The summed E-state index contributed by atoms with van der Waals surface area (Å²) in [6, 6.07) is 10.7. The summed E-state index contributed by atoms with van der Waals surface area (Å²) in [5, 5.41) is 4.61. The van der Waals surface area contributed by atoms with Crippen LogP contribution in [-0.4, -0.2) is 24.5 Å². The molecule has 2 N–H and O–H groups in total. The molecule has 0 radical (unpaired) electrons. The molecule has 0 aromatic heterocycles.